The maximum Gasteiger partial charge on any atom is 0.510 e. The van der Waals surface area contributed by atoms with Gasteiger partial charge in [0.2, 0.25) is 5.13 Å². The topological polar surface area (TPSA) is 37.3 Å². The van der Waals surface area contributed by atoms with Gasteiger partial charge in [-0.1, -0.05) is 47.9 Å². The van der Waals surface area contributed by atoms with Gasteiger partial charge in [0, 0.05) is 16.5 Å². The molecule has 0 spiro atoms. The smallest absolute Gasteiger partial charge is 0.445 e. The summed E-state index contributed by atoms with van der Waals surface area (Å²) in [7, 11) is 0. The monoisotopic (exact) mass is 364 g/mol. The number of anilines is 1. The van der Waals surface area contributed by atoms with Crippen LogP contribution in [0, 0.1) is 5.82 Å². The molecule has 0 aliphatic carbocycles. The lowest BCUT2D eigenvalue weighted by atomic mass is 9.77. The molecule has 1 heterocycles. The summed E-state index contributed by atoms with van der Waals surface area (Å²) < 4.78 is 52.6. The van der Waals surface area contributed by atoms with Crippen LogP contribution in [-0.2, 0) is 0 Å². The average molecular weight is 364 g/mol. The molecule has 0 saturated heterocycles. The first-order valence-electron chi connectivity index (χ1n) is 7.23. The van der Waals surface area contributed by atoms with E-state index in [0.29, 0.717) is 10.8 Å². The highest BCUT2D eigenvalue weighted by Crippen LogP contribution is 2.24. The summed E-state index contributed by atoms with van der Waals surface area (Å²) in [6.45, 7) is -5.33. The van der Waals surface area contributed by atoms with Crippen molar-refractivity contribution < 1.29 is 17.3 Å². The van der Waals surface area contributed by atoms with Gasteiger partial charge in [0.15, 0.2) is 0 Å². The van der Waals surface area contributed by atoms with Crippen LogP contribution in [0.2, 0.25) is 0 Å². The van der Waals surface area contributed by atoms with Crippen LogP contribution in [0.3, 0.4) is 0 Å². The molecule has 1 N–H and O–H groups in total. The summed E-state index contributed by atoms with van der Waals surface area (Å²) in [4.78, 5) is 4.29. The van der Waals surface area contributed by atoms with Crippen LogP contribution in [0.4, 0.5) is 22.5 Å². The van der Waals surface area contributed by atoms with Crippen molar-refractivity contribution in [3.05, 3.63) is 65.3 Å². The SMILES string of the molecule is Fc1cccc([B-](F)(F)F)c1C=NNc1nc(-c2ccccc2)cs1. The molecule has 3 aromatic rings. The number of rotatable bonds is 5. The summed E-state index contributed by atoms with van der Waals surface area (Å²) in [6.07, 6.45) is 0.823. The van der Waals surface area contributed by atoms with Gasteiger partial charge in [-0.05, 0) is 6.07 Å². The first-order valence-corrected chi connectivity index (χ1v) is 8.11. The van der Waals surface area contributed by atoms with E-state index < -0.39 is 23.8 Å². The van der Waals surface area contributed by atoms with Crippen LogP contribution in [0.1, 0.15) is 5.56 Å². The molecule has 9 heteroatoms. The van der Waals surface area contributed by atoms with E-state index in [2.05, 4.69) is 15.5 Å². The lowest BCUT2D eigenvalue weighted by Crippen LogP contribution is -2.37. The van der Waals surface area contributed by atoms with Crippen LogP contribution in [0.25, 0.3) is 11.3 Å². The van der Waals surface area contributed by atoms with Crippen molar-refractivity contribution in [2.45, 2.75) is 0 Å². The Kier molecular flexibility index (Phi) is 4.85. The van der Waals surface area contributed by atoms with E-state index in [4.69, 9.17) is 0 Å². The number of hydrazone groups is 1. The largest absolute Gasteiger partial charge is 0.510 e. The van der Waals surface area contributed by atoms with Crippen LogP contribution >= 0.6 is 11.3 Å². The third-order valence-corrected chi connectivity index (χ3v) is 4.11. The van der Waals surface area contributed by atoms with Gasteiger partial charge in [-0.2, -0.15) is 5.10 Å². The molecule has 0 bridgehead atoms. The third kappa shape index (κ3) is 4.05. The van der Waals surface area contributed by atoms with Crippen molar-refractivity contribution in [3.63, 3.8) is 0 Å². The van der Waals surface area contributed by atoms with Gasteiger partial charge in [0.25, 0.3) is 0 Å². The molecule has 3 rings (SSSR count). The molecule has 1 aromatic heterocycles. The van der Waals surface area contributed by atoms with Crippen molar-refractivity contribution in [1.82, 2.24) is 4.98 Å². The Morgan fingerprint density at radius 3 is 2.52 bits per heavy atom. The number of nitrogens with one attached hydrogen (secondary N) is 1. The molecule has 0 unspecified atom stereocenters. The zero-order chi connectivity index (χ0) is 17.9. The highest BCUT2D eigenvalue weighted by atomic mass is 32.1. The first-order chi connectivity index (χ1) is 11.9. The normalized spacial score (nSPS) is 11.8. The summed E-state index contributed by atoms with van der Waals surface area (Å²) in [5.74, 6) is -0.980. The number of hydrogen-bond donors (Lipinski definition) is 1. The highest BCUT2D eigenvalue weighted by Gasteiger charge is 2.29. The molecule has 0 aliphatic rings. The Morgan fingerprint density at radius 2 is 1.80 bits per heavy atom. The fourth-order valence-corrected chi connectivity index (χ4v) is 2.86. The van der Waals surface area contributed by atoms with E-state index in [1.165, 1.54) is 11.3 Å². The molecule has 0 saturated carbocycles. The predicted molar refractivity (Wildman–Crippen MR) is 93.9 cm³/mol. The zero-order valence-electron chi connectivity index (χ0n) is 12.7. The van der Waals surface area contributed by atoms with E-state index >= 15 is 0 Å². The number of thiazole rings is 1. The van der Waals surface area contributed by atoms with E-state index in [-0.39, 0.29) is 0 Å². The minimum atomic E-state index is -5.33. The second-order valence-corrected chi connectivity index (χ2v) is 5.95. The Balaban J connectivity index is 1.78. The summed E-state index contributed by atoms with van der Waals surface area (Å²) >= 11 is 1.25. The van der Waals surface area contributed by atoms with Gasteiger partial charge in [0.05, 0.1) is 11.9 Å². The molecule has 2 aromatic carbocycles. The Hall–Kier alpha value is -2.68. The standard InChI is InChI=1S/C16H11BF4N3S/c18-14-8-4-7-13(17(19,20)21)12(14)9-22-24-16-23-15(10-25-16)11-5-2-1-3-6-11/h1-10H,(H,23,24)/q-1. The van der Waals surface area contributed by atoms with Gasteiger partial charge in [-0.25, -0.2) is 9.37 Å². The quantitative estimate of drug-likeness (QED) is 0.314. The van der Waals surface area contributed by atoms with Crippen molar-refractivity contribution in [3.8, 4) is 11.3 Å². The number of aromatic nitrogens is 1. The Morgan fingerprint density at radius 1 is 1.04 bits per heavy atom. The third-order valence-electron chi connectivity index (χ3n) is 3.37. The first kappa shape index (κ1) is 17.2. The zero-order valence-corrected chi connectivity index (χ0v) is 13.5. The van der Waals surface area contributed by atoms with Crippen LogP contribution < -0.4 is 10.9 Å². The molecule has 0 amide bonds. The maximum absolute atomic E-state index is 13.7. The van der Waals surface area contributed by atoms with E-state index in [0.717, 1.165) is 30.0 Å². The van der Waals surface area contributed by atoms with Gasteiger partial charge in [-0.3, -0.25) is 5.43 Å². The molecule has 0 aliphatic heterocycles. The van der Waals surface area contributed by atoms with Crippen molar-refractivity contribution in [2.75, 3.05) is 5.43 Å². The maximum atomic E-state index is 13.7. The minimum absolute atomic E-state index is 0.394. The van der Waals surface area contributed by atoms with Gasteiger partial charge < -0.3 is 12.9 Å². The van der Waals surface area contributed by atoms with E-state index in [1.54, 1.807) is 5.38 Å². The minimum Gasteiger partial charge on any atom is -0.445 e. The highest BCUT2D eigenvalue weighted by molar-refractivity contribution is 7.14. The molecular formula is C16H11BF4N3S-. The summed E-state index contributed by atoms with van der Waals surface area (Å²) in [5.41, 5.74) is 2.55. The van der Waals surface area contributed by atoms with Crippen LogP contribution in [-0.4, -0.2) is 18.2 Å². The fraction of sp³-hybridized carbons (Fsp3) is 0. The second kappa shape index (κ2) is 7.06. The van der Waals surface area contributed by atoms with Crippen molar-refractivity contribution >= 4 is 35.1 Å². The fourth-order valence-electron chi connectivity index (χ4n) is 2.19. The number of hydrogen-bond acceptors (Lipinski definition) is 4. The molecule has 0 atom stereocenters. The van der Waals surface area contributed by atoms with Crippen molar-refractivity contribution in [1.29, 1.82) is 0 Å². The molecule has 25 heavy (non-hydrogen) atoms. The average Bonchev–Trinajstić information content (AvgIpc) is 3.05. The lowest BCUT2D eigenvalue weighted by molar-refractivity contribution is 0.500. The van der Waals surface area contributed by atoms with Crippen LogP contribution in [0.5, 0.6) is 0 Å². The second-order valence-electron chi connectivity index (χ2n) is 5.09. The number of benzene rings is 2. The van der Waals surface area contributed by atoms with Gasteiger partial charge in [0.1, 0.15) is 5.82 Å². The number of halogens is 4. The van der Waals surface area contributed by atoms with Gasteiger partial charge in [-0.15, -0.1) is 11.3 Å². The molecule has 128 valence electrons. The van der Waals surface area contributed by atoms with Crippen molar-refractivity contribution in [2.24, 2.45) is 5.10 Å². The predicted octanol–water partition coefficient (Wildman–Crippen LogP) is 4.45. The molecule has 0 radical (unpaired) electrons. The molecule has 0 fully saturated rings. The number of nitrogens with zero attached hydrogens (tertiary/aromatic N) is 2. The van der Waals surface area contributed by atoms with E-state index in [9.17, 15) is 17.3 Å². The van der Waals surface area contributed by atoms with Gasteiger partial charge >= 0.3 is 6.98 Å². The summed E-state index contributed by atoms with van der Waals surface area (Å²) in [6, 6.07) is 12.2. The summed E-state index contributed by atoms with van der Waals surface area (Å²) in [5, 5.41) is 5.88. The lowest BCUT2D eigenvalue weighted by Gasteiger charge is -2.17. The Labute approximate surface area is 145 Å². The van der Waals surface area contributed by atoms with Crippen LogP contribution in [0.15, 0.2) is 59.0 Å². The Bertz CT molecular complexity index is 894. The van der Waals surface area contributed by atoms with E-state index in [1.807, 2.05) is 30.3 Å². The molecule has 3 nitrogen and oxygen atoms in total. The molecular weight excluding hydrogens is 353 g/mol.